The van der Waals surface area contributed by atoms with E-state index in [2.05, 4.69) is 30.9 Å². The van der Waals surface area contributed by atoms with Crippen LogP contribution in [0.1, 0.15) is 24.0 Å². The Bertz CT molecular complexity index is 1660. The van der Waals surface area contributed by atoms with Crippen LogP contribution >= 0.6 is 0 Å². The molecule has 0 aliphatic carbocycles. The third-order valence-electron chi connectivity index (χ3n) is 7.19. The van der Waals surface area contributed by atoms with E-state index in [9.17, 15) is 24.3 Å². The van der Waals surface area contributed by atoms with Crippen LogP contribution in [0.3, 0.4) is 0 Å². The Balaban J connectivity index is 1.41. The van der Waals surface area contributed by atoms with E-state index in [1.807, 2.05) is 48.5 Å². The molecule has 2 heterocycles. The fourth-order valence-electron chi connectivity index (χ4n) is 4.94. The molecule has 0 aliphatic rings. The molecule has 0 fully saturated rings. The maximum Gasteiger partial charge on any atom is 0.326 e. The number of guanidine groups is 1. The van der Waals surface area contributed by atoms with Crippen LogP contribution in [0.4, 0.5) is 0 Å². The first kappa shape index (κ1) is 31.6. The smallest absolute Gasteiger partial charge is 0.326 e. The maximum atomic E-state index is 13.3. The molecule has 0 radical (unpaired) electrons. The Morgan fingerprint density at radius 2 is 1.41 bits per heavy atom. The number of fused-ring (bicyclic) bond motifs is 2. The van der Waals surface area contributed by atoms with E-state index in [-0.39, 0.29) is 31.8 Å². The molecule has 3 atom stereocenters. The van der Waals surface area contributed by atoms with E-state index < -0.39 is 48.4 Å². The highest BCUT2D eigenvalue weighted by atomic mass is 16.4. The van der Waals surface area contributed by atoms with Gasteiger partial charge >= 0.3 is 5.97 Å². The summed E-state index contributed by atoms with van der Waals surface area (Å²) in [4.78, 5) is 60.9. The van der Waals surface area contributed by atoms with Crippen molar-refractivity contribution in [2.75, 3.05) is 13.1 Å². The zero-order valence-electron chi connectivity index (χ0n) is 24.0. The second-order valence-electron chi connectivity index (χ2n) is 10.4. The largest absolute Gasteiger partial charge is 0.480 e. The quantitative estimate of drug-likeness (QED) is 0.0506. The number of hydrogen-bond acceptors (Lipinski definition) is 6. The lowest BCUT2D eigenvalue weighted by Crippen LogP contribution is -2.54. The van der Waals surface area contributed by atoms with Crippen LogP contribution in [0.5, 0.6) is 0 Å². The number of benzene rings is 2. The molecule has 14 heteroatoms. The molecule has 2 aromatic heterocycles. The number of carbonyl (C=O) groups is 4. The number of aromatic amines is 2. The van der Waals surface area contributed by atoms with Crippen molar-refractivity contribution in [2.24, 2.45) is 22.2 Å². The molecule has 12 N–H and O–H groups in total. The highest BCUT2D eigenvalue weighted by Crippen LogP contribution is 2.20. The Morgan fingerprint density at radius 1 is 0.818 bits per heavy atom. The Labute approximate surface area is 252 Å². The number of rotatable bonds is 15. The Kier molecular flexibility index (Phi) is 10.5. The lowest BCUT2D eigenvalue weighted by Gasteiger charge is -2.21. The molecule has 3 unspecified atom stereocenters. The summed E-state index contributed by atoms with van der Waals surface area (Å²) in [5.74, 6) is -3.22. The summed E-state index contributed by atoms with van der Waals surface area (Å²) in [5, 5.41) is 19.0. The molecule has 14 nitrogen and oxygen atoms in total. The molecule has 3 amide bonds. The van der Waals surface area contributed by atoms with Crippen LogP contribution in [-0.2, 0) is 32.0 Å². The Hall–Kier alpha value is -5.37. The number of hydrogen-bond donors (Lipinski definition) is 9. The summed E-state index contributed by atoms with van der Waals surface area (Å²) in [7, 11) is 0. The van der Waals surface area contributed by atoms with Crippen LogP contribution in [0, 0.1) is 0 Å². The van der Waals surface area contributed by atoms with Gasteiger partial charge < -0.3 is 48.2 Å². The number of amides is 3. The normalized spacial score (nSPS) is 13.1. The zero-order chi connectivity index (χ0) is 31.6. The van der Waals surface area contributed by atoms with E-state index >= 15 is 0 Å². The fourth-order valence-corrected chi connectivity index (χ4v) is 4.94. The number of nitrogens with one attached hydrogen (secondary N) is 5. The van der Waals surface area contributed by atoms with Crippen molar-refractivity contribution in [3.05, 3.63) is 72.1 Å². The molecule has 4 rings (SSSR count). The minimum atomic E-state index is -1.23. The van der Waals surface area contributed by atoms with Gasteiger partial charge in [-0.2, -0.15) is 0 Å². The van der Waals surface area contributed by atoms with Gasteiger partial charge in [-0.3, -0.25) is 19.4 Å². The van der Waals surface area contributed by atoms with Crippen molar-refractivity contribution < 1.29 is 24.3 Å². The van der Waals surface area contributed by atoms with Gasteiger partial charge in [0.05, 0.1) is 12.6 Å². The van der Waals surface area contributed by atoms with Crippen LogP contribution < -0.4 is 33.2 Å². The average molecular weight is 604 g/mol. The van der Waals surface area contributed by atoms with Gasteiger partial charge in [-0.15, -0.1) is 0 Å². The summed E-state index contributed by atoms with van der Waals surface area (Å²) in [6.07, 6.45) is 4.32. The number of carboxylic acids is 1. The third kappa shape index (κ3) is 8.35. The van der Waals surface area contributed by atoms with Gasteiger partial charge in [0, 0.05) is 47.2 Å². The minimum Gasteiger partial charge on any atom is -0.480 e. The molecule has 0 saturated carbocycles. The van der Waals surface area contributed by atoms with E-state index in [1.54, 1.807) is 12.4 Å². The summed E-state index contributed by atoms with van der Waals surface area (Å²) in [5.41, 5.74) is 20.3. The summed E-state index contributed by atoms with van der Waals surface area (Å²) in [6.45, 7) is -0.297. The molecule has 0 saturated heterocycles. The second kappa shape index (κ2) is 14.7. The summed E-state index contributed by atoms with van der Waals surface area (Å²) >= 11 is 0. The molecule has 0 bridgehead atoms. The molecule has 44 heavy (non-hydrogen) atoms. The maximum absolute atomic E-state index is 13.3. The van der Waals surface area contributed by atoms with Crippen molar-refractivity contribution in [2.45, 2.75) is 43.8 Å². The Morgan fingerprint density at radius 3 is 2.00 bits per heavy atom. The number of aromatic nitrogens is 2. The van der Waals surface area contributed by atoms with Gasteiger partial charge in [0.2, 0.25) is 17.7 Å². The number of nitrogens with zero attached hydrogens (tertiary/aromatic N) is 1. The lowest BCUT2D eigenvalue weighted by atomic mass is 10.0. The van der Waals surface area contributed by atoms with Gasteiger partial charge in [-0.25, -0.2) is 4.79 Å². The van der Waals surface area contributed by atoms with Gasteiger partial charge in [0.15, 0.2) is 5.96 Å². The number of carbonyl (C=O) groups excluding carboxylic acids is 3. The highest BCUT2D eigenvalue weighted by Gasteiger charge is 2.27. The van der Waals surface area contributed by atoms with Crippen LogP contribution in [0.2, 0.25) is 0 Å². The molecule has 2 aromatic carbocycles. The molecule has 4 aromatic rings. The van der Waals surface area contributed by atoms with Crippen molar-refractivity contribution in [1.82, 2.24) is 25.9 Å². The first-order valence-corrected chi connectivity index (χ1v) is 14.1. The number of carboxylic acid groups (broad SMARTS) is 1. The number of para-hydroxylation sites is 2. The number of aliphatic imine (C=N–C) groups is 1. The van der Waals surface area contributed by atoms with Gasteiger partial charge in [-0.1, -0.05) is 36.4 Å². The number of H-pyrrole nitrogens is 2. The molecule has 0 spiro atoms. The SMILES string of the molecule is NC(N)=NCCCC(NC(=O)CNC(=O)C(Cc1c[nH]c2ccccc12)NC(=O)C(N)Cc1c[nH]c2ccccc12)C(=O)O. The first-order chi connectivity index (χ1) is 21.1. The van der Waals surface area contributed by atoms with Gasteiger partial charge in [0.25, 0.3) is 0 Å². The van der Waals surface area contributed by atoms with E-state index in [0.29, 0.717) is 6.42 Å². The van der Waals surface area contributed by atoms with E-state index in [0.717, 1.165) is 32.9 Å². The monoisotopic (exact) mass is 603 g/mol. The van der Waals surface area contributed by atoms with Crippen LogP contribution in [0.15, 0.2) is 65.9 Å². The minimum absolute atomic E-state index is 0.0827. The number of nitrogens with two attached hydrogens (primary N) is 3. The third-order valence-corrected chi connectivity index (χ3v) is 7.19. The lowest BCUT2D eigenvalue weighted by molar-refractivity contribution is -0.142. The molecular weight excluding hydrogens is 566 g/mol. The summed E-state index contributed by atoms with van der Waals surface area (Å²) < 4.78 is 0. The highest BCUT2D eigenvalue weighted by molar-refractivity contribution is 5.94. The standard InChI is InChI=1S/C30H37N9O5/c31-21(12-17-14-35-22-8-3-1-6-19(17)22)27(41)39-25(13-18-15-36-23-9-4-2-7-20(18)23)28(42)37-16-26(40)38-24(29(43)44)10-5-11-34-30(32)33/h1-4,6-9,14-15,21,24-25,35-36H,5,10-13,16,31H2,(H,37,42)(H,38,40)(H,39,41)(H,43,44)(H4,32,33,34). The van der Waals surface area contributed by atoms with Crippen LogP contribution in [0.25, 0.3) is 21.8 Å². The van der Waals surface area contributed by atoms with Crippen molar-refractivity contribution >= 4 is 51.5 Å². The van der Waals surface area contributed by atoms with E-state index in [4.69, 9.17) is 17.2 Å². The van der Waals surface area contributed by atoms with E-state index in [1.165, 1.54) is 0 Å². The summed E-state index contributed by atoms with van der Waals surface area (Å²) in [6, 6.07) is 12.0. The first-order valence-electron chi connectivity index (χ1n) is 14.1. The topological polar surface area (TPSA) is 247 Å². The van der Waals surface area contributed by atoms with Gasteiger partial charge in [0.1, 0.15) is 12.1 Å². The zero-order valence-corrected chi connectivity index (χ0v) is 24.0. The predicted molar refractivity (Wildman–Crippen MR) is 166 cm³/mol. The molecule has 0 aliphatic heterocycles. The number of aliphatic carboxylic acids is 1. The van der Waals surface area contributed by atoms with Crippen LogP contribution in [-0.4, -0.2) is 75.9 Å². The van der Waals surface area contributed by atoms with Crippen molar-refractivity contribution in [1.29, 1.82) is 0 Å². The predicted octanol–water partition coefficient (Wildman–Crippen LogP) is -0.0143. The van der Waals surface area contributed by atoms with Crippen molar-refractivity contribution in [3.63, 3.8) is 0 Å². The molecular formula is C30H37N9O5. The van der Waals surface area contributed by atoms with Gasteiger partial charge in [-0.05, 0) is 42.5 Å². The fraction of sp³-hybridized carbons (Fsp3) is 0.300. The van der Waals surface area contributed by atoms with Crippen molar-refractivity contribution in [3.8, 4) is 0 Å². The second-order valence-corrected chi connectivity index (χ2v) is 10.4. The average Bonchev–Trinajstić information content (AvgIpc) is 3.60. The molecule has 232 valence electrons.